The maximum absolute atomic E-state index is 12.0. The van der Waals surface area contributed by atoms with Crippen molar-refractivity contribution >= 4 is 11.7 Å². The molecule has 0 fully saturated rings. The topological polar surface area (TPSA) is 56.8 Å². The van der Waals surface area contributed by atoms with Crippen LogP contribution in [0.2, 0.25) is 0 Å². The summed E-state index contributed by atoms with van der Waals surface area (Å²) >= 11 is 0. The summed E-state index contributed by atoms with van der Waals surface area (Å²) in [6, 6.07) is 20.1. The Morgan fingerprint density at radius 2 is 1.81 bits per heavy atom. The minimum Gasteiger partial charge on any atom is -0.496 e. The molecule has 5 heteroatoms. The molecule has 2 heterocycles. The summed E-state index contributed by atoms with van der Waals surface area (Å²) in [5.74, 6) is 1.63. The highest BCUT2D eigenvalue weighted by molar-refractivity contribution is 5.91. The van der Waals surface area contributed by atoms with E-state index >= 15 is 0 Å². The molecular weight excluding hydrogens is 402 g/mol. The van der Waals surface area contributed by atoms with Crippen molar-refractivity contribution in [3.63, 3.8) is 0 Å². The molecule has 1 N–H and O–H groups in total. The Hall–Kier alpha value is -3.47. The minimum absolute atomic E-state index is 0.103. The molecule has 0 amide bonds. The fraction of sp³-hybridized carbons (Fsp3) is 0.296. The molecule has 2 aliphatic rings. The van der Waals surface area contributed by atoms with Crippen LogP contribution in [0.15, 0.2) is 60.7 Å². The first-order chi connectivity index (χ1) is 15.4. The standard InChI is InChI=1S/C27H27NO4/c1-27(2)19-14-17(16-7-5-8-18(13-16)26(29)31-4)11-12-21(19)28-25-20(27)15-32-23-10-6-9-22(30-3)24(23)25/h5-14,20,25,28H,15H2,1-4H3/t20-,25-/m0/s1. The van der Waals surface area contributed by atoms with Gasteiger partial charge in [-0.1, -0.05) is 38.1 Å². The molecule has 0 radical (unpaired) electrons. The van der Waals surface area contributed by atoms with Gasteiger partial charge in [0.1, 0.15) is 11.5 Å². The molecule has 0 unspecified atom stereocenters. The number of benzene rings is 3. The second kappa shape index (κ2) is 7.59. The van der Waals surface area contributed by atoms with E-state index in [9.17, 15) is 4.79 Å². The van der Waals surface area contributed by atoms with Crippen LogP contribution in [-0.2, 0) is 10.2 Å². The molecule has 3 aromatic carbocycles. The van der Waals surface area contributed by atoms with Crippen molar-refractivity contribution in [3.8, 4) is 22.6 Å². The molecule has 2 aliphatic heterocycles. The van der Waals surface area contributed by atoms with Gasteiger partial charge in [0.25, 0.3) is 0 Å². The second-order valence-electron chi connectivity index (χ2n) is 8.97. The quantitative estimate of drug-likeness (QED) is 0.549. The van der Waals surface area contributed by atoms with Crippen LogP contribution in [0.5, 0.6) is 11.5 Å². The van der Waals surface area contributed by atoms with Gasteiger partial charge >= 0.3 is 5.97 Å². The molecule has 0 spiro atoms. The van der Waals surface area contributed by atoms with E-state index in [-0.39, 0.29) is 23.3 Å². The monoisotopic (exact) mass is 429 g/mol. The maximum Gasteiger partial charge on any atom is 0.337 e. The van der Waals surface area contributed by atoms with E-state index < -0.39 is 0 Å². The first kappa shape index (κ1) is 20.4. The maximum atomic E-state index is 12.0. The number of nitrogens with one attached hydrogen (secondary N) is 1. The summed E-state index contributed by atoms with van der Waals surface area (Å²) in [4.78, 5) is 12.0. The number of esters is 1. The van der Waals surface area contributed by atoms with Crippen LogP contribution >= 0.6 is 0 Å². The Labute approximate surface area is 188 Å². The zero-order valence-electron chi connectivity index (χ0n) is 18.8. The lowest BCUT2D eigenvalue weighted by molar-refractivity contribution is 0.0600. The third-order valence-electron chi connectivity index (χ3n) is 6.95. The molecule has 0 saturated heterocycles. The van der Waals surface area contributed by atoms with Gasteiger partial charge in [-0.25, -0.2) is 4.79 Å². The number of ether oxygens (including phenoxy) is 3. The van der Waals surface area contributed by atoms with E-state index in [1.807, 2.05) is 36.4 Å². The Kier molecular flexibility index (Phi) is 4.85. The van der Waals surface area contributed by atoms with Gasteiger partial charge in [-0.15, -0.1) is 0 Å². The van der Waals surface area contributed by atoms with Gasteiger partial charge in [0.05, 0.1) is 38.0 Å². The van der Waals surface area contributed by atoms with Gasteiger partial charge in [-0.2, -0.15) is 0 Å². The van der Waals surface area contributed by atoms with Crippen LogP contribution in [-0.4, -0.2) is 26.8 Å². The van der Waals surface area contributed by atoms with Crippen LogP contribution in [0.4, 0.5) is 5.69 Å². The van der Waals surface area contributed by atoms with Crippen molar-refractivity contribution < 1.29 is 19.0 Å². The molecule has 3 aromatic rings. The van der Waals surface area contributed by atoms with Crippen molar-refractivity contribution in [2.45, 2.75) is 25.3 Å². The summed E-state index contributed by atoms with van der Waals surface area (Å²) in [5.41, 5.74) is 5.90. The lowest BCUT2D eigenvalue weighted by Crippen LogP contribution is -2.46. The predicted molar refractivity (Wildman–Crippen MR) is 125 cm³/mol. The van der Waals surface area contributed by atoms with Crippen molar-refractivity contribution in [3.05, 3.63) is 77.4 Å². The molecular formula is C27H27NO4. The second-order valence-corrected chi connectivity index (χ2v) is 8.97. The van der Waals surface area contributed by atoms with Crippen LogP contribution in [0, 0.1) is 5.92 Å². The molecule has 0 bridgehead atoms. The number of hydrogen-bond acceptors (Lipinski definition) is 5. The highest BCUT2D eigenvalue weighted by atomic mass is 16.5. The first-order valence-electron chi connectivity index (χ1n) is 10.8. The van der Waals surface area contributed by atoms with E-state index in [1.54, 1.807) is 13.2 Å². The van der Waals surface area contributed by atoms with Crippen LogP contribution in [0.3, 0.4) is 0 Å². The zero-order chi connectivity index (χ0) is 22.5. The first-order valence-corrected chi connectivity index (χ1v) is 10.8. The van der Waals surface area contributed by atoms with Crippen molar-refractivity contribution in [1.82, 2.24) is 0 Å². The highest BCUT2D eigenvalue weighted by Gasteiger charge is 2.47. The molecule has 32 heavy (non-hydrogen) atoms. The number of anilines is 1. The fourth-order valence-electron chi connectivity index (χ4n) is 5.10. The van der Waals surface area contributed by atoms with Crippen LogP contribution in [0.25, 0.3) is 11.1 Å². The smallest absolute Gasteiger partial charge is 0.337 e. The van der Waals surface area contributed by atoms with Crippen LogP contribution < -0.4 is 14.8 Å². The van der Waals surface area contributed by atoms with E-state index in [1.165, 1.54) is 12.7 Å². The number of rotatable bonds is 3. The lowest BCUT2D eigenvalue weighted by atomic mass is 9.65. The molecule has 5 nitrogen and oxygen atoms in total. The average Bonchev–Trinajstić information content (AvgIpc) is 2.82. The molecule has 5 rings (SSSR count). The average molecular weight is 430 g/mol. The summed E-state index contributed by atoms with van der Waals surface area (Å²) < 4.78 is 16.7. The number of carbonyl (C=O) groups is 1. The summed E-state index contributed by atoms with van der Waals surface area (Å²) in [5, 5.41) is 3.77. The number of methoxy groups -OCH3 is 2. The highest BCUT2D eigenvalue weighted by Crippen LogP contribution is 2.54. The van der Waals surface area contributed by atoms with E-state index in [0.29, 0.717) is 12.2 Å². The van der Waals surface area contributed by atoms with Crippen molar-refractivity contribution in [1.29, 1.82) is 0 Å². The summed E-state index contributed by atoms with van der Waals surface area (Å²) in [6.07, 6.45) is 0. The lowest BCUT2D eigenvalue weighted by Gasteiger charge is -2.48. The van der Waals surface area contributed by atoms with Gasteiger partial charge in [-0.3, -0.25) is 0 Å². The third kappa shape index (κ3) is 3.11. The van der Waals surface area contributed by atoms with Gasteiger partial charge in [0.15, 0.2) is 0 Å². The molecule has 0 aliphatic carbocycles. The van der Waals surface area contributed by atoms with E-state index in [0.717, 1.165) is 33.9 Å². The SMILES string of the molecule is COC(=O)c1cccc(-c2ccc3c(c2)C(C)(C)[C@H]2COc4cccc(OC)c4[C@H]2N3)c1. The largest absolute Gasteiger partial charge is 0.496 e. The Morgan fingerprint density at radius 1 is 1.03 bits per heavy atom. The van der Waals surface area contributed by atoms with Gasteiger partial charge in [0, 0.05) is 17.0 Å². The van der Waals surface area contributed by atoms with Gasteiger partial charge in [0.2, 0.25) is 0 Å². The Morgan fingerprint density at radius 3 is 2.59 bits per heavy atom. The normalized spacial score (nSPS) is 20.0. The van der Waals surface area contributed by atoms with Crippen LogP contribution in [0.1, 0.15) is 41.4 Å². The van der Waals surface area contributed by atoms with Gasteiger partial charge < -0.3 is 19.5 Å². The summed E-state index contributed by atoms with van der Waals surface area (Å²) in [7, 11) is 3.10. The van der Waals surface area contributed by atoms with Crippen molar-refractivity contribution in [2.75, 3.05) is 26.1 Å². The Balaban J connectivity index is 1.58. The fourth-order valence-corrected chi connectivity index (χ4v) is 5.10. The summed E-state index contributed by atoms with van der Waals surface area (Å²) in [6.45, 7) is 5.19. The zero-order valence-corrected chi connectivity index (χ0v) is 18.8. The third-order valence-corrected chi connectivity index (χ3v) is 6.95. The van der Waals surface area contributed by atoms with Gasteiger partial charge in [-0.05, 0) is 53.1 Å². The molecule has 0 aromatic heterocycles. The van der Waals surface area contributed by atoms with E-state index in [4.69, 9.17) is 14.2 Å². The number of fused-ring (bicyclic) bond motifs is 4. The number of hydrogen-bond donors (Lipinski definition) is 1. The number of carbonyl (C=O) groups excluding carboxylic acids is 1. The molecule has 2 atom stereocenters. The van der Waals surface area contributed by atoms with E-state index in [2.05, 4.69) is 37.4 Å². The van der Waals surface area contributed by atoms with Crippen molar-refractivity contribution in [2.24, 2.45) is 5.92 Å². The molecule has 0 saturated carbocycles. The predicted octanol–water partition coefficient (Wildman–Crippen LogP) is 5.60. The minimum atomic E-state index is -0.332. The molecule has 164 valence electrons. The Bertz CT molecular complexity index is 1190.